The Morgan fingerprint density at radius 3 is 2.37 bits per heavy atom. The highest BCUT2D eigenvalue weighted by molar-refractivity contribution is 7.88. The lowest BCUT2D eigenvalue weighted by atomic mass is 10.2. The molecule has 1 aromatic rings. The van der Waals surface area contributed by atoms with E-state index in [0.717, 1.165) is 25.7 Å². The van der Waals surface area contributed by atoms with Gasteiger partial charge in [-0.3, -0.25) is 4.79 Å². The molecule has 0 unspecified atom stereocenters. The molecule has 1 aliphatic heterocycles. The van der Waals surface area contributed by atoms with E-state index in [-0.39, 0.29) is 30.7 Å². The van der Waals surface area contributed by atoms with Crippen molar-refractivity contribution < 1.29 is 17.6 Å². The second-order valence-corrected chi connectivity index (χ2v) is 9.32. The molecule has 1 aliphatic carbocycles. The number of hydrogen-bond donors (Lipinski definition) is 0. The molecule has 0 bridgehead atoms. The summed E-state index contributed by atoms with van der Waals surface area (Å²) in [5, 5.41) is 0. The van der Waals surface area contributed by atoms with Gasteiger partial charge in [0, 0.05) is 45.2 Å². The molecule has 1 saturated heterocycles. The number of carbonyl (C=O) groups excluding carboxylic acids is 1. The summed E-state index contributed by atoms with van der Waals surface area (Å²) in [4.78, 5) is 16.3. The summed E-state index contributed by atoms with van der Waals surface area (Å²) in [5.41, 5.74) is 0.564. The third-order valence-corrected chi connectivity index (χ3v) is 6.86. The molecular weight excluding hydrogens is 369 g/mol. The zero-order chi connectivity index (χ0) is 19.4. The van der Waals surface area contributed by atoms with Gasteiger partial charge in [-0.1, -0.05) is 25.0 Å². The highest BCUT2D eigenvalue weighted by Gasteiger charge is 2.30. The van der Waals surface area contributed by atoms with E-state index in [4.69, 9.17) is 0 Å². The molecule has 1 saturated carbocycles. The minimum absolute atomic E-state index is 0.0326. The second kappa shape index (κ2) is 8.56. The number of nitrogens with zero attached hydrogens (tertiary/aromatic N) is 3. The molecule has 3 rings (SSSR count). The van der Waals surface area contributed by atoms with E-state index in [9.17, 15) is 17.6 Å². The molecule has 0 N–H and O–H groups in total. The monoisotopic (exact) mass is 397 g/mol. The summed E-state index contributed by atoms with van der Waals surface area (Å²) in [6.45, 7) is 2.44. The van der Waals surface area contributed by atoms with Gasteiger partial charge in [0.25, 0.3) is 0 Å². The quantitative estimate of drug-likeness (QED) is 0.737. The highest BCUT2D eigenvalue weighted by atomic mass is 32.2. The van der Waals surface area contributed by atoms with Gasteiger partial charge in [0.15, 0.2) is 0 Å². The summed E-state index contributed by atoms with van der Waals surface area (Å²) in [6.07, 6.45) is 5.27. The molecule has 1 amide bonds. The Kier molecular flexibility index (Phi) is 6.37. The van der Waals surface area contributed by atoms with E-state index in [1.54, 1.807) is 23.1 Å². The standard InChI is InChI=1S/C19H28FN3O3S/c1-27(25,26)23(16-6-2-3-7-16)11-10-19(24)22-14-12-21(13-15-22)18-9-5-4-8-17(18)20/h4-5,8-9,16H,2-3,6-7,10-15H2,1H3. The van der Waals surface area contributed by atoms with Crippen LogP contribution in [0.2, 0.25) is 0 Å². The number of halogens is 1. The van der Waals surface area contributed by atoms with Crippen molar-refractivity contribution in [3.05, 3.63) is 30.1 Å². The number of benzene rings is 1. The average molecular weight is 398 g/mol. The van der Waals surface area contributed by atoms with Crippen molar-refractivity contribution in [1.29, 1.82) is 0 Å². The smallest absolute Gasteiger partial charge is 0.224 e. The number of anilines is 1. The Bertz CT molecular complexity index is 757. The molecule has 150 valence electrons. The van der Waals surface area contributed by atoms with Gasteiger partial charge in [-0.15, -0.1) is 0 Å². The van der Waals surface area contributed by atoms with Crippen molar-refractivity contribution in [3.8, 4) is 0 Å². The van der Waals surface area contributed by atoms with Crippen LogP contribution in [0.1, 0.15) is 32.1 Å². The van der Waals surface area contributed by atoms with Crippen molar-refractivity contribution in [2.45, 2.75) is 38.1 Å². The van der Waals surface area contributed by atoms with Crippen LogP contribution >= 0.6 is 0 Å². The summed E-state index contributed by atoms with van der Waals surface area (Å²) >= 11 is 0. The van der Waals surface area contributed by atoms with Crippen molar-refractivity contribution in [3.63, 3.8) is 0 Å². The zero-order valence-corrected chi connectivity index (χ0v) is 16.6. The first-order valence-electron chi connectivity index (χ1n) is 9.60. The Labute approximate surface area is 161 Å². The fourth-order valence-corrected chi connectivity index (χ4v) is 5.26. The average Bonchev–Trinajstić information content (AvgIpc) is 3.15. The SMILES string of the molecule is CS(=O)(=O)N(CCC(=O)N1CCN(c2ccccc2F)CC1)C1CCCC1. The fraction of sp³-hybridized carbons (Fsp3) is 0.632. The molecule has 1 aromatic carbocycles. The van der Waals surface area contributed by atoms with Crippen LogP contribution in [0.15, 0.2) is 24.3 Å². The summed E-state index contributed by atoms with van der Waals surface area (Å²) in [6, 6.07) is 6.69. The van der Waals surface area contributed by atoms with Crippen LogP contribution in [0.3, 0.4) is 0 Å². The number of carbonyl (C=O) groups is 1. The van der Waals surface area contributed by atoms with Crippen LogP contribution < -0.4 is 4.90 Å². The van der Waals surface area contributed by atoms with Crippen LogP contribution in [0.4, 0.5) is 10.1 Å². The predicted octanol–water partition coefficient (Wildman–Crippen LogP) is 2.07. The van der Waals surface area contributed by atoms with Gasteiger partial charge in [0.1, 0.15) is 5.82 Å². The largest absolute Gasteiger partial charge is 0.366 e. The summed E-state index contributed by atoms with van der Waals surface area (Å²) < 4.78 is 39.6. The molecule has 1 heterocycles. The van der Waals surface area contributed by atoms with Gasteiger partial charge in [-0.05, 0) is 25.0 Å². The van der Waals surface area contributed by atoms with E-state index in [1.807, 2.05) is 4.90 Å². The van der Waals surface area contributed by atoms with Crippen molar-refractivity contribution in [2.24, 2.45) is 0 Å². The maximum Gasteiger partial charge on any atom is 0.224 e. The lowest BCUT2D eigenvalue weighted by Gasteiger charge is -2.36. The van der Waals surface area contributed by atoms with Crippen molar-refractivity contribution in [1.82, 2.24) is 9.21 Å². The van der Waals surface area contributed by atoms with E-state index >= 15 is 0 Å². The molecule has 0 radical (unpaired) electrons. The Hall–Kier alpha value is -1.67. The Morgan fingerprint density at radius 2 is 1.78 bits per heavy atom. The lowest BCUT2D eigenvalue weighted by Crippen LogP contribution is -2.50. The highest BCUT2D eigenvalue weighted by Crippen LogP contribution is 2.26. The third-order valence-electron chi connectivity index (χ3n) is 5.53. The first-order chi connectivity index (χ1) is 12.9. The van der Waals surface area contributed by atoms with Crippen LogP contribution in [0.25, 0.3) is 0 Å². The molecule has 27 heavy (non-hydrogen) atoms. The number of rotatable bonds is 6. The normalized spacial score (nSPS) is 19.1. The van der Waals surface area contributed by atoms with Gasteiger partial charge in [0.2, 0.25) is 15.9 Å². The first-order valence-corrected chi connectivity index (χ1v) is 11.4. The van der Waals surface area contributed by atoms with Gasteiger partial charge >= 0.3 is 0 Å². The maximum atomic E-state index is 13.9. The zero-order valence-electron chi connectivity index (χ0n) is 15.8. The molecule has 2 fully saturated rings. The third kappa shape index (κ3) is 4.99. The second-order valence-electron chi connectivity index (χ2n) is 7.38. The van der Waals surface area contributed by atoms with Crippen LogP contribution in [0.5, 0.6) is 0 Å². The molecule has 2 aliphatic rings. The van der Waals surface area contributed by atoms with Crippen molar-refractivity contribution >= 4 is 21.6 Å². The minimum atomic E-state index is -3.31. The molecule has 6 nitrogen and oxygen atoms in total. The van der Waals surface area contributed by atoms with Crippen molar-refractivity contribution in [2.75, 3.05) is 43.9 Å². The van der Waals surface area contributed by atoms with E-state index in [2.05, 4.69) is 0 Å². The molecule has 0 aromatic heterocycles. The fourth-order valence-electron chi connectivity index (χ4n) is 4.08. The van der Waals surface area contributed by atoms with E-state index in [1.165, 1.54) is 16.6 Å². The van der Waals surface area contributed by atoms with E-state index in [0.29, 0.717) is 31.9 Å². The number of amides is 1. The predicted molar refractivity (Wildman–Crippen MR) is 104 cm³/mol. The van der Waals surface area contributed by atoms with Gasteiger partial charge in [0.05, 0.1) is 11.9 Å². The van der Waals surface area contributed by atoms with E-state index < -0.39 is 10.0 Å². The lowest BCUT2D eigenvalue weighted by molar-refractivity contribution is -0.131. The van der Waals surface area contributed by atoms with Gasteiger partial charge in [-0.2, -0.15) is 4.31 Å². The number of para-hydroxylation sites is 1. The van der Waals surface area contributed by atoms with Crippen LogP contribution in [0, 0.1) is 5.82 Å². The Morgan fingerprint density at radius 1 is 1.15 bits per heavy atom. The van der Waals surface area contributed by atoms with Gasteiger partial charge < -0.3 is 9.80 Å². The van der Waals surface area contributed by atoms with Crippen LogP contribution in [-0.2, 0) is 14.8 Å². The molecule has 0 atom stereocenters. The number of piperazine rings is 1. The summed E-state index contributed by atoms with van der Waals surface area (Å²) in [5.74, 6) is -0.285. The molecule has 0 spiro atoms. The minimum Gasteiger partial charge on any atom is -0.366 e. The maximum absolute atomic E-state index is 13.9. The number of sulfonamides is 1. The first kappa shape index (κ1) is 20.1. The molecular formula is C19H28FN3O3S. The van der Waals surface area contributed by atoms with Gasteiger partial charge in [-0.25, -0.2) is 12.8 Å². The van der Waals surface area contributed by atoms with Crippen LogP contribution in [-0.4, -0.2) is 68.6 Å². The molecule has 8 heteroatoms. The Balaban J connectivity index is 1.52. The number of hydrogen-bond acceptors (Lipinski definition) is 4. The topological polar surface area (TPSA) is 60.9 Å². The summed E-state index contributed by atoms with van der Waals surface area (Å²) in [7, 11) is -3.31.